The third kappa shape index (κ3) is 3.11. The number of phenolic OH excluding ortho intramolecular Hbond substituents is 1. The lowest BCUT2D eigenvalue weighted by Crippen LogP contribution is -1.90. The van der Waals surface area contributed by atoms with Gasteiger partial charge in [-0.2, -0.15) is 0 Å². The summed E-state index contributed by atoms with van der Waals surface area (Å²) in [6.45, 7) is 5.58. The van der Waals surface area contributed by atoms with Gasteiger partial charge in [0.2, 0.25) is 0 Å². The molecule has 0 aliphatic heterocycles. The number of nitro benzene ring substituents is 1. The number of nitro groups is 1. The van der Waals surface area contributed by atoms with Crippen molar-refractivity contribution in [1.29, 1.82) is 0 Å². The molecular weight excluding hydrogens is 170 g/mol. The SMILES string of the molecule is CC.Cc1cc(O)ccc1[N+](=O)[O-]. The molecule has 72 valence electrons. The normalized spacial score (nSPS) is 8.54. The largest absolute Gasteiger partial charge is 0.508 e. The standard InChI is InChI=1S/C7H7NO3.C2H6/c1-5-4-6(9)2-3-7(5)8(10)11;1-2/h2-4,9H,1H3;1-2H3. The van der Waals surface area contributed by atoms with Crippen LogP contribution in [0.3, 0.4) is 0 Å². The van der Waals surface area contributed by atoms with Crippen molar-refractivity contribution in [3.05, 3.63) is 33.9 Å². The second kappa shape index (κ2) is 5.13. The Morgan fingerprint density at radius 2 is 1.92 bits per heavy atom. The van der Waals surface area contributed by atoms with Crippen molar-refractivity contribution >= 4 is 5.69 Å². The van der Waals surface area contributed by atoms with Gasteiger partial charge in [-0.05, 0) is 19.1 Å². The van der Waals surface area contributed by atoms with E-state index in [9.17, 15) is 10.1 Å². The zero-order valence-electron chi connectivity index (χ0n) is 7.94. The number of phenols is 1. The van der Waals surface area contributed by atoms with E-state index in [1.807, 2.05) is 13.8 Å². The second-order valence-corrected chi connectivity index (χ2v) is 2.23. The summed E-state index contributed by atoms with van der Waals surface area (Å²) < 4.78 is 0. The minimum absolute atomic E-state index is 0.0304. The van der Waals surface area contributed by atoms with Gasteiger partial charge in [0, 0.05) is 11.6 Å². The maximum absolute atomic E-state index is 10.3. The van der Waals surface area contributed by atoms with Crippen molar-refractivity contribution in [3.8, 4) is 5.75 Å². The third-order valence-corrected chi connectivity index (χ3v) is 1.38. The van der Waals surface area contributed by atoms with Crippen molar-refractivity contribution in [2.75, 3.05) is 0 Å². The first-order chi connectivity index (χ1) is 6.11. The fraction of sp³-hybridized carbons (Fsp3) is 0.333. The number of hydrogen-bond acceptors (Lipinski definition) is 3. The highest BCUT2D eigenvalue weighted by atomic mass is 16.6. The summed E-state index contributed by atoms with van der Waals surface area (Å²) in [7, 11) is 0. The van der Waals surface area contributed by atoms with Crippen LogP contribution in [0.15, 0.2) is 18.2 Å². The minimum Gasteiger partial charge on any atom is -0.508 e. The number of nitrogens with zero attached hydrogens (tertiary/aromatic N) is 1. The van der Waals surface area contributed by atoms with Crippen LogP contribution in [0.5, 0.6) is 5.75 Å². The molecule has 4 heteroatoms. The van der Waals surface area contributed by atoms with Gasteiger partial charge in [-0.25, -0.2) is 0 Å². The van der Waals surface area contributed by atoms with E-state index in [0.717, 1.165) is 0 Å². The average molecular weight is 183 g/mol. The summed E-state index contributed by atoms with van der Waals surface area (Å²) in [5.74, 6) is 0.0492. The van der Waals surface area contributed by atoms with Crippen LogP contribution in [0.25, 0.3) is 0 Å². The maximum atomic E-state index is 10.3. The van der Waals surface area contributed by atoms with Gasteiger partial charge in [-0.15, -0.1) is 0 Å². The van der Waals surface area contributed by atoms with Crippen LogP contribution in [0.1, 0.15) is 19.4 Å². The number of rotatable bonds is 1. The Morgan fingerprint density at radius 1 is 1.38 bits per heavy atom. The molecule has 0 saturated heterocycles. The summed E-state index contributed by atoms with van der Waals surface area (Å²) in [4.78, 5) is 9.78. The molecule has 4 nitrogen and oxygen atoms in total. The molecular formula is C9H13NO3. The highest BCUT2D eigenvalue weighted by molar-refractivity contribution is 5.43. The van der Waals surface area contributed by atoms with Gasteiger partial charge in [0.05, 0.1) is 4.92 Å². The van der Waals surface area contributed by atoms with Gasteiger partial charge in [-0.3, -0.25) is 10.1 Å². The topological polar surface area (TPSA) is 63.4 Å². The molecule has 0 fully saturated rings. The van der Waals surface area contributed by atoms with E-state index in [1.165, 1.54) is 18.2 Å². The van der Waals surface area contributed by atoms with Crippen LogP contribution in [0.2, 0.25) is 0 Å². The fourth-order valence-corrected chi connectivity index (χ4v) is 0.844. The summed E-state index contributed by atoms with van der Waals surface area (Å²) in [5.41, 5.74) is 0.498. The molecule has 0 aliphatic rings. The molecule has 0 bridgehead atoms. The molecule has 1 aromatic rings. The summed E-state index contributed by atoms with van der Waals surface area (Å²) in [5, 5.41) is 19.2. The molecule has 0 saturated carbocycles. The van der Waals surface area contributed by atoms with Crippen molar-refractivity contribution in [3.63, 3.8) is 0 Å². The van der Waals surface area contributed by atoms with Crippen molar-refractivity contribution in [2.24, 2.45) is 0 Å². The summed E-state index contributed by atoms with van der Waals surface area (Å²) in [6.07, 6.45) is 0. The Bertz CT molecular complexity index is 297. The molecule has 0 aliphatic carbocycles. The van der Waals surface area contributed by atoms with Crippen LogP contribution in [-0.4, -0.2) is 10.0 Å². The lowest BCUT2D eigenvalue weighted by Gasteiger charge is -1.95. The van der Waals surface area contributed by atoms with E-state index in [4.69, 9.17) is 5.11 Å². The molecule has 0 atom stereocenters. The van der Waals surface area contributed by atoms with E-state index in [1.54, 1.807) is 6.92 Å². The first kappa shape index (κ1) is 11.4. The Hall–Kier alpha value is -1.58. The van der Waals surface area contributed by atoms with Crippen molar-refractivity contribution in [2.45, 2.75) is 20.8 Å². The van der Waals surface area contributed by atoms with E-state index in [-0.39, 0.29) is 11.4 Å². The second-order valence-electron chi connectivity index (χ2n) is 2.23. The molecule has 1 N–H and O–H groups in total. The molecule has 0 amide bonds. The lowest BCUT2D eigenvalue weighted by atomic mass is 10.2. The minimum atomic E-state index is -0.477. The predicted molar refractivity (Wildman–Crippen MR) is 50.8 cm³/mol. The smallest absolute Gasteiger partial charge is 0.272 e. The summed E-state index contributed by atoms with van der Waals surface area (Å²) in [6, 6.07) is 3.94. The van der Waals surface area contributed by atoms with Crippen LogP contribution in [0.4, 0.5) is 5.69 Å². The quantitative estimate of drug-likeness (QED) is 0.537. The zero-order chi connectivity index (χ0) is 10.4. The Morgan fingerprint density at radius 3 is 2.31 bits per heavy atom. The molecule has 13 heavy (non-hydrogen) atoms. The van der Waals surface area contributed by atoms with E-state index < -0.39 is 4.92 Å². The van der Waals surface area contributed by atoms with E-state index >= 15 is 0 Å². The van der Waals surface area contributed by atoms with Crippen LogP contribution >= 0.6 is 0 Å². The maximum Gasteiger partial charge on any atom is 0.272 e. The predicted octanol–water partition coefficient (Wildman–Crippen LogP) is 2.64. The molecule has 1 rings (SSSR count). The van der Waals surface area contributed by atoms with Gasteiger partial charge in [-0.1, -0.05) is 13.8 Å². The number of aryl methyl sites for hydroxylation is 1. The first-order valence-corrected chi connectivity index (χ1v) is 4.05. The van der Waals surface area contributed by atoms with Gasteiger partial charge in [0.1, 0.15) is 5.75 Å². The average Bonchev–Trinajstić information content (AvgIpc) is 2.07. The van der Waals surface area contributed by atoms with Crippen molar-refractivity contribution in [1.82, 2.24) is 0 Å². The van der Waals surface area contributed by atoms with E-state index in [0.29, 0.717) is 5.56 Å². The van der Waals surface area contributed by atoms with Crippen LogP contribution in [-0.2, 0) is 0 Å². The van der Waals surface area contributed by atoms with Gasteiger partial charge in [0.25, 0.3) is 5.69 Å². The Kier molecular flexibility index (Phi) is 4.51. The first-order valence-electron chi connectivity index (χ1n) is 4.05. The Balaban J connectivity index is 0.000000671. The summed E-state index contributed by atoms with van der Waals surface area (Å²) >= 11 is 0. The highest BCUT2D eigenvalue weighted by Crippen LogP contribution is 2.21. The number of hydrogen-bond donors (Lipinski definition) is 1. The molecule has 0 aromatic heterocycles. The monoisotopic (exact) mass is 183 g/mol. The lowest BCUT2D eigenvalue weighted by molar-refractivity contribution is -0.385. The number of aromatic hydroxyl groups is 1. The molecule has 0 radical (unpaired) electrons. The fourth-order valence-electron chi connectivity index (χ4n) is 0.844. The molecule has 1 aromatic carbocycles. The highest BCUT2D eigenvalue weighted by Gasteiger charge is 2.08. The van der Waals surface area contributed by atoms with Gasteiger partial charge < -0.3 is 5.11 Å². The zero-order valence-corrected chi connectivity index (χ0v) is 7.94. The third-order valence-electron chi connectivity index (χ3n) is 1.38. The number of benzene rings is 1. The van der Waals surface area contributed by atoms with Gasteiger partial charge >= 0.3 is 0 Å². The molecule has 0 unspecified atom stereocenters. The van der Waals surface area contributed by atoms with Crippen LogP contribution < -0.4 is 0 Å². The van der Waals surface area contributed by atoms with Crippen molar-refractivity contribution < 1.29 is 10.0 Å². The molecule has 0 heterocycles. The van der Waals surface area contributed by atoms with E-state index in [2.05, 4.69) is 0 Å². The van der Waals surface area contributed by atoms with Crippen LogP contribution in [0, 0.1) is 17.0 Å². The Labute approximate surface area is 77.0 Å². The molecule has 0 spiro atoms. The van der Waals surface area contributed by atoms with Gasteiger partial charge in [0.15, 0.2) is 0 Å².